The third-order valence-electron chi connectivity index (χ3n) is 7.23. The summed E-state index contributed by atoms with van der Waals surface area (Å²) in [6.45, 7) is 2.59. The van der Waals surface area contributed by atoms with Crippen LogP contribution in [0.1, 0.15) is 64.7 Å². The number of hydrogen-bond acceptors (Lipinski definition) is 0. The van der Waals surface area contributed by atoms with Gasteiger partial charge >= 0.3 is 0 Å². The van der Waals surface area contributed by atoms with Crippen LogP contribution in [0.2, 0.25) is 0 Å². The highest BCUT2D eigenvalue weighted by Gasteiger charge is 2.46. The molecule has 0 aromatic heterocycles. The summed E-state index contributed by atoms with van der Waals surface area (Å²) in [6.07, 6.45) is 14.3. The minimum Gasteiger partial charge on any atom is -0.0620 e. The van der Waals surface area contributed by atoms with Crippen molar-refractivity contribution in [3.63, 3.8) is 0 Å². The fraction of sp³-hybridized carbons (Fsp3) is 1.00. The molecule has 4 saturated carbocycles. The van der Waals surface area contributed by atoms with Gasteiger partial charge in [-0.25, -0.2) is 0 Å². The van der Waals surface area contributed by atoms with Crippen LogP contribution in [0, 0.1) is 41.4 Å². The molecule has 0 heterocycles. The topological polar surface area (TPSA) is 0 Å². The Morgan fingerprint density at radius 1 is 0.824 bits per heavy atom. The molecular formula is C17H28. The van der Waals surface area contributed by atoms with Crippen LogP contribution in [0.4, 0.5) is 0 Å². The Hall–Kier alpha value is 0. The predicted molar refractivity (Wildman–Crippen MR) is 71.7 cm³/mol. The van der Waals surface area contributed by atoms with Crippen molar-refractivity contribution in [1.82, 2.24) is 0 Å². The van der Waals surface area contributed by atoms with Gasteiger partial charge in [-0.1, -0.05) is 26.2 Å². The number of rotatable bonds is 2. The lowest BCUT2D eigenvalue weighted by Gasteiger charge is -2.27. The van der Waals surface area contributed by atoms with Gasteiger partial charge in [0.25, 0.3) is 0 Å². The second kappa shape index (κ2) is 4.00. The Balaban J connectivity index is 1.40. The minimum atomic E-state index is 1.07. The molecule has 17 heavy (non-hydrogen) atoms. The zero-order valence-electron chi connectivity index (χ0n) is 11.4. The van der Waals surface area contributed by atoms with Crippen LogP contribution in [0.15, 0.2) is 0 Å². The summed E-state index contributed by atoms with van der Waals surface area (Å²) in [5.41, 5.74) is 0. The Bertz CT molecular complexity index is 294. The Labute approximate surface area is 107 Å². The standard InChI is InChI=1S/C17H28/c1-11-15(9-14-3-2-4-17(11)14)10-16-8-12-5-6-13(16)7-12/h11-17H,2-10H2,1H3. The van der Waals surface area contributed by atoms with E-state index >= 15 is 0 Å². The molecule has 4 fully saturated rings. The lowest BCUT2D eigenvalue weighted by Crippen LogP contribution is -2.18. The van der Waals surface area contributed by atoms with E-state index in [0.29, 0.717) is 0 Å². The molecule has 4 aliphatic carbocycles. The summed E-state index contributed by atoms with van der Waals surface area (Å²) < 4.78 is 0. The highest BCUT2D eigenvalue weighted by molar-refractivity contribution is 4.96. The van der Waals surface area contributed by atoms with Crippen molar-refractivity contribution >= 4 is 0 Å². The largest absolute Gasteiger partial charge is 0.0620 e. The third kappa shape index (κ3) is 1.70. The van der Waals surface area contributed by atoms with Crippen LogP contribution in [-0.4, -0.2) is 0 Å². The molecule has 0 N–H and O–H groups in total. The average Bonchev–Trinajstić information content (AvgIpc) is 3.03. The third-order valence-corrected chi connectivity index (χ3v) is 7.23. The predicted octanol–water partition coefficient (Wildman–Crippen LogP) is 4.89. The molecule has 0 aliphatic heterocycles. The summed E-state index contributed by atoms with van der Waals surface area (Å²) in [7, 11) is 0. The molecule has 0 amide bonds. The normalized spacial score (nSPS) is 56.6. The zero-order valence-corrected chi connectivity index (χ0v) is 11.4. The molecule has 4 rings (SSSR count). The fourth-order valence-electron chi connectivity index (χ4n) is 6.37. The zero-order chi connectivity index (χ0) is 11.4. The van der Waals surface area contributed by atoms with Crippen molar-refractivity contribution < 1.29 is 0 Å². The second-order valence-corrected chi connectivity index (χ2v) is 7.88. The van der Waals surface area contributed by atoms with Crippen molar-refractivity contribution in [2.24, 2.45) is 41.4 Å². The highest BCUT2D eigenvalue weighted by atomic mass is 14.5. The van der Waals surface area contributed by atoms with Gasteiger partial charge in [0.1, 0.15) is 0 Å². The van der Waals surface area contributed by atoms with E-state index < -0.39 is 0 Å². The van der Waals surface area contributed by atoms with Crippen molar-refractivity contribution in [2.45, 2.75) is 64.7 Å². The first-order valence-electron chi connectivity index (χ1n) is 8.31. The maximum Gasteiger partial charge on any atom is -0.0357 e. The average molecular weight is 232 g/mol. The Kier molecular flexibility index (Phi) is 2.56. The molecule has 7 unspecified atom stereocenters. The molecule has 0 saturated heterocycles. The quantitative estimate of drug-likeness (QED) is 0.636. The maximum absolute atomic E-state index is 2.59. The molecule has 0 heteroatoms. The van der Waals surface area contributed by atoms with E-state index in [-0.39, 0.29) is 0 Å². The van der Waals surface area contributed by atoms with Gasteiger partial charge in [-0.2, -0.15) is 0 Å². The SMILES string of the molecule is CC1C(CC2CC3CCC2C3)CC2CCCC21. The number of fused-ring (bicyclic) bond motifs is 3. The number of hydrogen-bond donors (Lipinski definition) is 0. The van der Waals surface area contributed by atoms with E-state index in [1.807, 2.05) is 0 Å². The van der Waals surface area contributed by atoms with E-state index in [1.165, 1.54) is 0 Å². The summed E-state index contributed by atoms with van der Waals surface area (Å²) in [5.74, 6) is 7.94. The van der Waals surface area contributed by atoms with E-state index in [1.54, 1.807) is 57.8 Å². The molecule has 2 bridgehead atoms. The van der Waals surface area contributed by atoms with E-state index in [9.17, 15) is 0 Å². The van der Waals surface area contributed by atoms with Gasteiger partial charge in [0.2, 0.25) is 0 Å². The molecule has 0 spiro atoms. The van der Waals surface area contributed by atoms with Crippen LogP contribution in [0.25, 0.3) is 0 Å². The second-order valence-electron chi connectivity index (χ2n) is 7.88. The van der Waals surface area contributed by atoms with Crippen LogP contribution in [0.3, 0.4) is 0 Å². The maximum atomic E-state index is 2.59. The van der Waals surface area contributed by atoms with Crippen LogP contribution < -0.4 is 0 Å². The molecule has 0 aromatic carbocycles. The van der Waals surface area contributed by atoms with Gasteiger partial charge in [-0.3, -0.25) is 0 Å². The van der Waals surface area contributed by atoms with E-state index in [4.69, 9.17) is 0 Å². The van der Waals surface area contributed by atoms with Crippen molar-refractivity contribution in [2.75, 3.05) is 0 Å². The lowest BCUT2D eigenvalue weighted by atomic mass is 9.78. The van der Waals surface area contributed by atoms with Gasteiger partial charge in [0.15, 0.2) is 0 Å². The monoisotopic (exact) mass is 232 g/mol. The van der Waals surface area contributed by atoms with Gasteiger partial charge in [0, 0.05) is 0 Å². The van der Waals surface area contributed by atoms with E-state index in [0.717, 1.165) is 41.4 Å². The summed E-state index contributed by atoms with van der Waals surface area (Å²) in [6, 6.07) is 0. The van der Waals surface area contributed by atoms with Gasteiger partial charge in [-0.05, 0) is 80.0 Å². The van der Waals surface area contributed by atoms with Crippen molar-refractivity contribution in [1.29, 1.82) is 0 Å². The van der Waals surface area contributed by atoms with Gasteiger partial charge in [-0.15, -0.1) is 0 Å². The van der Waals surface area contributed by atoms with Crippen molar-refractivity contribution in [3.8, 4) is 0 Å². The highest BCUT2D eigenvalue weighted by Crippen LogP contribution is 2.56. The van der Waals surface area contributed by atoms with Crippen LogP contribution in [0.5, 0.6) is 0 Å². The fourth-order valence-corrected chi connectivity index (χ4v) is 6.37. The summed E-state index contributed by atoms with van der Waals surface area (Å²) in [5, 5.41) is 0. The Morgan fingerprint density at radius 2 is 1.76 bits per heavy atom. The molecule has 0 radical (unpaired) electrons. The van der Waals surface area contributed by atoms with Crippen LogP contribution in [-0.2, 0) is 0 Å². The van der Waals surface area contributed by atoms with Gasteiger partial charge < -0.3 is 0 Å². The Morgan fingerprint density at radius 3 is 2.47 bits per heavy atom. The van der Waals surface area contributed by atoms with E-state index in [2.05, 4.69) is 6.92 Å². The molecule has 7 atom stereocenters. The molecule has 0 aromatic rings. The lowest BCUT2D eigenvalue weighted by molar-refractivity contribution is 0.226. The molecule has 4 aliphatic rings. The van der Waals surface area contributed by atoms with Gasteiger partial charge in [0.05, 0.1) is 0 Å². The first-order chi connectivity index (χ1) is 8.31. The molecule has 96 valence electrons. The first-order valence-corrected chi connectivity index (χ1v) is 8.31. The first kappa shape index (κ1) is 10.9. The summed E-state index contributed by atoms with van der Waals surface area (Å²) in [4.78, 5) is 0. The van der Waals surface area contributed by atoms with Crippen LogP contribution >= 0.6 is 0 Å². The molecule has 0 nitrogen and oxygen atoms in total. The van der Waals surface area contributed by atoms with Crippen molar-refractivity contribution in [3.05, 3.63) is 0 Å². The minimum absolute atomic E-state index is 1.07. The smallest absolute Gasteiger partial charge is 0.0357 e. The molecular weight excluding hydrogens is 204 g/mol. The summed E-state index contributed by atoms with van der Waals surface area (Å²) >= 11 is 0.